The lowest BCUT2D eigenvalue weighted by Crippen LogP contribution is -2.25. The number of rotatable bonds is 6. The van der Waals surface area contributed by atoms with Crippen molar-refractivity contribution in [1.82, 2.24) is 10.3 Å². The van der Waals surface area contributed by atoms with Gasteiger partial charge in [0.1, 0.15) is 11.0 Å². The Labute approximate surface area is 110 Å². The topological polar surface area (TPSA) is 111 Å². The zero-order valence-electron chi connectivity index (χ0n) is 9.78. The molecule has 0 spiro atoms. The van der Waals surface area contributed by atoms with Gasteiger partial charge in [-0.15, -0.1) is 0 Å². The number of anilines is 1. The molecular weight excluding hydrogens is 256 g/mol. The molecule has 5 N–H and O–H groups in total. The largest absolute Gasteiger partial charge is 0.384 e. The minimum atomic E-state index is -0.338. The zero-order valence-corrected chi connectivity index (χ0v) is 10.5. The summed E-state index contributed by atoms with van der Waals surface area (Å²) in [7, 11) is 0. The number of amides is 2. The van der Waals surface area contributed by atoms with Crippen LogP contribution in [0.4, 0.5) is 5.82 Å². The fourth-order valence-electron chi connectivity index (χ4n) is 1.38. The summed E-state index contributed by atoms with van der Waals surface area (Å²) < 4.78 is 0. The lowest BCUT2D eigenvalue weighted by atomic mass is 10.2. The number of hydrogen-bond donors (Lipinski definition) is 3. The number of nitrogens with two attached hydrogens (primary N) is 2. The molecule has 1 aromatic heterocycles. The van der Waals surface area contributed by atoms with Crippen molar-refractivity contribution < 1.29 is 9.59 Å². The van der Waals surface area contributed by atoms with Crippen molar-refractivity contribution in [2.24, 2.45) is 5.73 Å². The smallest absolute Gasteiger partial charge is 0.251 e. The Bertz CT molecular complexity index is 430. The maximum absolute atomic E-state index is 11.7. The van der Waals surface area contributed by atoms with Crippen molar-refractivity contribution in [3.8, 4) is 0 Å². The molecule has 2 amide bonds. The van der Waals surface area contributed by atoms with E-state index in [0.717, 1.165) is 0 Å². The summed E-state index contributed by atoms with van der Waals surface area (Å²) in [4.78, 5) is 26.0. The molecule has 0 fully saturated rings. The van der Waals surface area contributed by atoms with Crippen LogP contribution >= 0.6 is 11.6 Å². The zero-order chi connectivity index (χ0) is 13.5. The molecule has 0 saturated carbocycles. The maximum Gasteiger partial charge on any atom is 0.251 e. The molecule has 0 radical (unpaired) electrons. The molecule has 0 aliphatic rings. The van der Waals surface area contributed by atoms with Crippen LogP contribution < -0.4 is 16.8 Å². The third-order valence-corrected chi connectivity index (χ3v) is 2.41. The lowest BCUT2D eigenvalue weighted by Gasteiger charge is -2.05. The number of aromatic nitrogens is 1. The Morgan fingerprint density at radius 1 is 1.33 bits per heavy atom. The molecule has 0 aromatic carbocycles. The van der Waals surface area contributed by atoms with E-state index in [0.29, 0.717) is 31.4 Å². The number of carbonyl (C=O) groups excluding carboxylic acids is 2. The first-order chi connectivity index (χ1) is 8.49. The van der Waals surface area contributed by atoms with E-state index in [1.165, 1.54) is 12.1 Å². The van der Waals surface area contributed by atoms with Crippen molar-refractivity contribution in [3.05, 3.63) is 22.8 Å². The van der Waals surface area contributed by atoms with Crippen LogP contribution in [0, 0.1) is 0 Å². The number of nitrogens with zero attached hydrogens (tertiary/aromatic N) is 1. The second kappa shape index (κ2) is 6.80. The highest BCUT2D eigenvalue weighted by Gasteiger charge is 2.07. The van der Waals surface area contributed by atoms with Crippen LogP contribution in [0.2, 0.25) is 5.15 Å². The van der Waals surface area contributed by atoms with Gasteiger partial charge in [0, 0.05) is 18.5 Å². The van der Waals surface area contributed by atoms with E-state index >= 15 is 0 Å². The maximum atomic E-state index is 11.7. The standard InChI is InChI=1S/C11H15ClN4O2/c12-8-5-7(6-9(13)16-8)11(18)15-4-2-1-3-10(14)17/h5-6H,1-4H2,(H2,13,16)(H2,14,17)(H,15,18). The highest BCUT2D eigenvalue weighted by Crippen LogP contribution is 2.11. The van der Waals surface area contributed by atoms with Crippen LogP contribution in [0.25, 0.3) is 0 Å². The van der Waals surface area contributed by atoms with Crippen molar-refractivity contribution in [2.45, 2.75) is 19.3 Å². The highest BCUT2D eigenvalue weighted by atomic mass is 35.5. The molecule has 0 aliphatic heterocycles. The summed E-state index contributed by atoms with van der Waals surface area (Å²) >= 11 is 5.69. The third kappa shape index (κ3) is 5.01. The molecule has 0 atom stereocenters. The number of hydrogen-bond acceptors (Lipinski definition) is 4. The number of halogens is 1. The Kier molecular flexibility index (Phi) is 5.38. The van der Waals surface area contributed by atoms with Crippen molar-refractivity contribution >= 4 is 29.2 Å². The fraction of sp³-hybridized carbons (Fsp3) is 0.364. The van der Waals surface area contributed by atoms with Crippen LogP contribution in [-0.4, -0.2) is 23.3 Å². The van der Waals surface area contributed by atoms with E-state index in [1.54, 1.807) is 0 Å². The average molecular weight is 271 g/mol. The quantitative estimate of drug-likeness (QED) is 0.522. The summed E-state index contributed by atoms with van der Waals surface area (Å²) in [5, 5.41) is 2.87. The fourth-order valence-corrected chi connectivity index (χ4v) is 1.59. The summed E-state index contributed by atoms with van der Waals surface area (Å²) in [6, 6.07) is 2.89. The highest BCUT2D eigenvalue weighted by molar-refractivity contribution is 6.29. The normalized spacial score (nSPS) is 10.1. The van der Waals surface area contributed by atoms with Gasteiger partial charge >= 0.3 is 0 Å². The molecule has 18 heavy (non-hydrogen) atoms. The van der Waals surface area contributed by atoms with Crippen LogP contribution in [0.5, 0.6) is 0 Å². The molecule has 0 bridgehead atoms. The van der Waals surface area contributed by atoms with E-state index in [1.807, 2.05) is 0 Å². The Morgan fingerprint density at radius 2 is 2.06 bits per heavy atom. The number of primary amides is 1. The minimum Gasteiger partial charge on any atom is -0.384 e. The second-order valence-corrected chi connectivity index (χ2v) is 4.17. The van der Waals surface area contributed by atoms with Crippen LogP contribution in [0.3, 0.4) is 0 Å². The third-order valence-electron chi connectivity index (χ3n) is 2.21. The first-order valence-corrected chi connectivity index (χ1v) is 5.86. The molecule has 0 unspecified atom stereocenters. The average Bonchev–Trinajstić information content (AvgIpc) is 2.26. The van der Waals surface area contributed by atoms with E-state index in [4.69, 9.17) is 23.1 Å². The molecule has 1 aromatic rings. The van der Waals surface area contributed by atoms with Gasteiger partial charge in [-0.2, -0.15) is 0 Å². The van der Waals surface area contributed by atoms with Gasteiger partial charge in [-0.25, -0.2) is 4.98 Å². The van der Waals surface area contributed by atoms with Crippen molar-refractivity contribution in [3.63, 3.8) is 0 Å². The van der Waals surface area contributed by atoms with Crippen LogP contribution in [0.1, 0.15) is 29.6 Å². The van der Waals surface area contributed by atoms with E-state index in [9.17, 15) is 9.59 Å². The summed E-state index contributed by atoms with van der Waals surface area (Å²) in [6.45, 7) is 0.464. The molecule has 6 nitrogen and oxygen atoms in total. The molecule has 7 heteroatoms. The Hall–Kier alpha value is -1.82. The van der Waals surface area contributed by atoms with E-state index in [-0.39, 0.29) is 22.8 Å². The number of unbranched alkanes of at least 4 members (excludes halogenated alkanes) is 1. The molecule has 0 aliphatic carbocycles. The first-order valence-electron chi connectivity index (χ1n) is 5.48. The molecule has 1 rings (SSSR count). The monoisotopic (exact) mass is 270 g/mol. The van der Waals surface area contributed by atoms with Gasteiger partial charge in [-0.05, 0) is 25.0 Å². The van der Waals surface area contributed by atoms with E-state index in [2.05, 4.69) is 10.3 Å². The summed E-state index contributed by atoms with van der Waals surface area (Å²) in [6.07, 6.45) is 1.65. The van der Waals surface area contributed by atoms with E-state index < -0.39 is 0 Å². The predicted octanol–water partition coefficient (Wildman–Crippen LogP) is 0.703. The van der Waals surface area contributed by atoms with Gasteiger partial charge in [0.2, 0.25) is 5.91 Å². The van der Waals surface area contributed by atoms with Gasteiger partial charge < -0.3 is 16.8 Å². The predicted molar refractivity (Wildman–Crippen MR) is 69.0 cm³/mol. The molecule has 1 heterocycles. The number of nitrogens with one attached hydrogen (secondary N) is 1. The number of nitrogen functional groups attached to an aromatic ring is 1. The Morgan fingerprint density at radius 3 is 2.67 bits per heavy atom. The molecule has 98 valence electrons. The number of pyridine rings is 1. The van der Waals surface area contributed by atoms with Gasteiger partial charge in [0.25, 0.3) is 5.91 Å². The minimum absolute atomic E-state index is 0.175. The van der Waals surface area contributed by atoms with Gasteiger partial charge in [0.15, 0.2) is 0 Å². The van der Waals surface area contributed by atoms with Gasteiger partial charge in [-0.1, -0.05) is 11.6 Å². The van der Waals surface area contributed by atoms with Crippen molar-refractivity contribution in [1.29, 1.82) is 0 Å². The SMILES string of the molecule is NC(=O)CCCCNC(=O)c1cc(N)nc(Cl)c1. The van der Waals surface area contributed by atoms with Crippen LogP contribution in [0.15, 0.2) is 12.1 Å². The number of carbonyl (C=O) groups is 2. The summed E-state index contributed by atoms with van der Waals surface area (Å²) in [5.74, 6) is -0.415. The lowest BCUT2D eigenvalue weighted by molar-refractivity contribution is -0.118. The summed E-state index contributed by atoms with van der Waals surface area (Å²) in [5.41, 5.74) is 10.8. The van der Waals surface area contributed by atoms with Gasteiger partial charge in [0.05, 0.1) is 0 Å². The molecule has 0 saturated heterocycles. The second-order valence-electron chi connectivity index (χ2n) is 3.78. The molecular formula is C11H15ClN4O2. The van der Waals surface area contributed by atoms with Crippen LogP contribution in [-0.2, 0) is 4.79 Å². The van der Waals surface area contributed by atoms with Gasteiger partial charge in [-0.3, -0.25) is 9.59 Å². The Balaban J connectivity index is 2.38. The first kappa shape index (κ1) is 14.2. The van der Waals surface area contributed by atoms with Crippen molar-refractivity contribution in [2.75, 3.05) is 12.3 Å².